The number of rotatable bonds is 7. The second-order valence-corrected chi connectivity index (χ2v) is 9.18. The fourth-order valence-electron chi connectivity index (χ4n) is 4.72. The zero-order chi connectivity index (χ0) is 27.6. The molecule has 0 fully saturated rings. The maximum Gasteiger partial charge on any atom is 0.336 e. The molecule has 4 aromatic carbocycles. The second kappa shape index (κ2) is 10.5. The molecule has 0 unspecified atom stereocenters. The van der Waals surface area contributed by atoms with Crippen molar-refractivity contribution in [1.29, 1.82) is 0 Å². The third-order valence-corrected chi connectivity index (χ3v) is 6.65. The highest BCUT2D eigenvalue weighted by atomic mass is 16.5. The van der Waals surface area contributed by atoms with E-state index in [2.05, 4.69) is 0 Å². The van der Waals surface area contributed by atoms with Crippen molar-refractivity contribution in [2.75, 3.05) is 14.2 Å². The summed E-state index contributed by atoms with van der Waals surface area (Å²) >= 11 is 0. The van der Waals surface area contributed by atoms with Crippen LogP contribution in [0.15, 0.2) is 111 Å². The van der Waals surface area contributed by atoms with E-state index < -0.39 is 11.6 Å². The largest absolute Gasteiger partial charge is 0.497 e. The molecule has 198 valence electrons. The Morgan fingerprint density at radius 1 is 0.750 bits per heavy atom. The molecule has 0 spiro atoms. The van der Waals surface area contributed by atoms with Crippen molar-refractivity contribution in [3.63, 3.8) is 0 Å². The van der Waals surface area contributed by atoms with Crippen molar-refractivity contribution in [2.45, 2.75) is 6.42 Å². The molecular formula is C33H24O7. The molecule has 6 aromatic rings. The molecule has 40 heavy (non-hydrogen) atoms. The van der Waals surface area contributed by atoms with E-state index in [0.29, 0.717) is 50.7 Å². The number of hydrogen-bond acceptors (Lipinski definition) is 7. The van der Waals surface area contributed by atoms with E-state index in [0.717, 1.165) is 16.5 Å². The fourth-order valence-corrected chi connectivity index (χ4v) is 4.72. The van der Waals surface area contributed by atoms with Crippen molar-refractivity contribution in [3.05, 3.63) is 113 Å². The van der Waals surface area contributed by atoms with Crippen LogP contribution in [0.5, 0.6) is 17.2 Å². The van der Waals surface area contributed by atoms with Crippen LogP contribution in [0.2, 0.25) is 0 Å². The van der Waals surface area contributed by atoms with Gasteiger partial charge in [-0.2, -0.15) is 0 Å². The number of furan rings is 1. The van der Waals surface area contributed by atoms with Crippen molar-refractivity contribution < 1.29 is 27.8 Å². The van der Waals surface area contributed by atoms with Gasteiger partial charge in [-0.3, -0.25) is 4.79 Å². The van der Waals surface area contributed by atoms with Crippen LogP contribution in [0.3, 0.4) is 0 Å². The number of fused-ring (bicyclic) bond motifs is 2. The van der Waals surface area contributed by atoms with Crippen molar-refractivity contribution in [1.82, 2.24) is 0 Å². The smallest absolute Gasteiger partial charge is 0.336 e. The highest BCUT2D eigenvalue weighted by Crippen LogP contribution is 2.40. The number of ether oxygens (including phenoxy) is 3. The van der Waals surface area contributed by atoms with Gasteiger partial charge in [-0.05, 0) is 47.5 Å². The first-order valence-electron chi connectivity index (χ1n) is 12.6. The number of hydrogen-bond donors (Lipinski definition) is 0. The van der Waals surface area contributed by atoms with E-state index in [1.54, 1.807) is 44.6 Å². The molecule has 0 saturated heterocycles. The van der Waals surface area contributed by atoms with Crippen LogP contribution in [-0.4, -0.2) is 20.2 Å². The van der Waals surface area contributed by atoms with Crippen LogP contribution in [0, 0.1) is 0 Å². The molecule has 0 atom stereocenters. The number of para-hydroxylation sites is 1. The summed E-state index contributed by atoms with van der Waals surface area (Å²) in [6, 6.07) is 28.9. The lowest BCUT2D eigenvalue weighted by atomic mass is 10.00. The van der Waals surface area contributed by atoms with Gasteiger partial charge in [0.1, 0.15) is 22.8 Å². The molecule has 0 aliphatic rings. The van der Waals surface area contributed by atoms with Gasteiger partial charge in [-0.25, -0.2) is 4.79 Å². The molecule has 7 heteroatoms. The molecule has 2 aromatic heterocycles. The Hall–Kier alpha value is -5.30. The monoisotopic (exact) mass is 532 g/mol. The lowest BCUT2D eigenvalue weighted by Crippen LogP contribution is -2.12. The molecule has 0 saturated carbocycles. The van der Waals surface area contributed by atoms with Crippen LogP contribution < -0.4 is 19.8 Å². The minimum Gasteiger partial charge on any atom is -0.497 e. The van der Waals surface area contributed by atoms with E-state index >= 15 is 0 Å². The molecule has 0 aliphatic heterocycles. The normalized spacial score (nSPS) is 11.1. The van der Waals surface area contributed by atoms with Crippen LogP contribution in [0.25, 0.3) is 44.4 Å². The summed E-state index contributed by atoms with van der Waals surface area (Å²) in [4.78, 5) is 25.7. The highest BCUT2D eigenvalue weighted by Gasteiger charge is 2.19. The van der Waals surface area contributed by atoms with Crippen molar-refractivity contribution in [3.8, 4) is 39.7 Å². The number of carbonyl (C=O) groups is 1. The second-order valence-electron chi connectivity index (χ2n) is 9.18. The first-order valence-corrected chi connectivity index (χ1v) is 12.6. The van der Waals surface area contributed by atoms with Gasteiger partial charge < -0.3 is 23.0 Å². The van der Waals surface area contributed by atoms with Gasteiger partial charge in [0.2, 0.25) is 0 Å². The van der Waals surface area contributed by atoms with Gasteiger partial charge in [0.25, 0.3) is 0 Å². The highest BCUT2D eigenvalue weighted by molar-refractivity contribution is 5.99. The van der Waals surface area contributed by atoms with Gasteiger partial charge in [-0.15, -0.1) is 0 Å². The number of carbonyl (C=O) groups excluding carboxylic acids is 1. The quantitative estimate of drug-likeness (QED) is 0.124. The van der Waals surface area contributed by atoms with E-state index in [1.165, 1.54) is 6.07 Å². The predicted molar refractivity (Wildman–Crippen MR) is 152 cm³/mol. The first kappa shape index (κ1) is 25.0. The van der Waals surface area contributed by atoms with Gasteiger partial charge in [-0.1, -0.05) is 54.6 Å². The lowest BCUT2D eigenvalue weighted by molar-refractivity contribution is -0.133. The summed E-state index contributed by atoms with van der Waals surface area (Å²) in [5.41, 5.74) is 3.09. The third kappa shape index (κ3) is 4.80. The molecule has 7 nitrogen and oxygen atoms in total. The van der Waals surface area contributed by atoms with Gasteiger partial charge in [0, 0.05) is 28.0 Å². The third-order valence-electron chi connectivity index (χ3n) is 6.65. The van der Waals surface area contributed by atoms with Gasteiger partial charge in [0.05, 0.1) is 20.6 Å². The summed E-state index contributed by atoms with van der Waals surface area (Å²) < 4.78 is 28.3. The fraction of sp³-hybridized carbons (Fsp3) is 0.0909. The Balaban J connectivity index is 1.47. The summed E-state index contributed by atoms with van der Waals surface area (Å²) in [5.74, 6) is 1.64. The minimum atomic E-state index is -0.529. The standard InChI is InChI=1S/C33H24O7/c1-36-23-13-11-20(12-14-23)15-31(34)38-29-18-25-26(28-16-22-9-6-10-27(37-2)33(22)40-28)19-32(35)39-30(25)17-24(29)21-7-4-3-5-8-21/h3-14,16-19H,15H2,1-2H3. The molecule has 0 radical (unpaired) electrons. The Morgan fingerprint density at radius 2 is 1.55 bits per heavy atom. The molecule has 0 aliphatic carbocycles. The maximum atomic E-state index is 13.1. The summed E-state index contributed by atoms with van der Waals surface area (Å²) in [6.07, 6.45) is 0.0658. The average molecular weight is 533 g/mol. The Kier molecular flexibility index (Phi) is 6.54. The molecule has 0 amide bonds. The molecule has 0 N–H and O–H groups in total. The molecule has 6 rings (SSSR count). The topological polar surface area (TPSA) is 88.1 Å². The zero-order valence-electron chi connectivity index (χ0n) is 21.8. The SMILES string of the molecule is COc1ccc(CC(=O)Oc2cc3c(-c4cc5cccc(OC)c5o4)cc(=O)oc3cc2-c2ccccc2)cc1. The molecule has 2 heterocycles. The summed E-state index contributed by atoms with van der Waals surface area (Å²) in [5, 5.41) is 1.38. The first-order chi connectivity index (χ1) is 19.5. The average Bonchev–Trinajstić information content (AvgIpc) is 3.42. The van der Waals surface area contributed by atoms with E-state index in [4.69, 9.17) is 23.0 Å². The van der Waals surface area contributed by atoms with E-state index in [-0.39, 0.29) is 6.42 Å². The van der Waals surface area contributed by atoms with Gasteiger partial charge >= 0.3 is 11.6 Å². The van der Waals surface area contributed by atoms with E-state index in [9.17, 15) is 9.59 Å². The van der Waals surface area contributed by atoms with Crippen LogP contribution in [0.1, 0.15) is 5.56 Å². The Morgan fingerprint density at radius 3 is 2.30 bits per heavy atom. The predicted octanol–water partition coefficient (Wildman–Crippen LogP) is 7.04. The number of benzene rings is 4. The number of methoxy groups -OCH3 is 2. The molecule has 0 bridgehead atoms. The van der Waals surface area contributed by atoms with Crippen molar-refractivity contribution >= 4 is 27.9 Å². The summed E-state index contributed by atoms with van der Waals surface area (Å²) in [7, 11) is 3.16. The van der Waals surface area contributed by atoms with Crippen LogP contribution >= 0.6 is 0 Å². The Bertz CT molecular complexity index is 1900. The van der Waals surface area contributed by atoms with Crippen LogP contribution in [0.4, 0.5) is 0 Å². The minimum absolute atomic E-state index is 0.0658. The lowest BCUT2D eigenvalue weighted by Gasteiger charge is -2.13. The van der Waals surface area contributed by atoms with Crippen LogP contribution in [-0.2, 0) is 11.2 Å². The number of esters is 1. The Labute approximate surface area is 229 Å². The summed E-state index contributed by atoms with van der Waals surface area (Å²) in [6.45, 7) is 0. The van der Waals surface area contributed by atoms with Crippen molar-refractivity contribution in [2.24, 2.45) is 0 Å². The van der Waals surface area contributed by atoms with E-state index in [1.807, 2.05) is 60.7 Å². The van der Waals surface area contributed by atoms with Gasteiger partial charge in [0.15, 0.2) is 11.3 Å². The zero-order valence-corrected chi connectivity index (χ0v) is 21.8. The maximum absolute atomic E-state index is 13.1. The molecular weight excluding hydrogens is 508 g/mol.